The van der Waals surface area contributed by atoms with Crippen LogP contribution in [0.15, 0.2) is 10.6 Å². The Morgan fingerprint density at radius 1 is 1.38 bits per heavy atom. The Morgan fingerprint density at radius 2 is 2.05 bits per heavy atom. The second-order valence-electron chi connectivity index (χ2n) is 6.65. The van der Waals surface area contributed by atoms with Gasteiger partial charge in [0.2, 0.25) is 0 Å². The topological polar surface area (TPSA) is 58.4 Å². The zero-order valence-corrected chi connectivity index (χ0v) is 13.7. The predicted molar refractivity (Wildman–Crippen MR) is 82.0 cm³/mol. The standard InChI is InChI=1S/C16H27N3O2/c1-10(2)12(5)19(13-6-7-13)16(20)17-9-14-8-15(11(3)4)18-21-14/h8,10-13H,6-7,9H2,1-5H3,(H,17,20)/t12-/m0/s1. The number of carbonyl (C=O) groups excluding carboxylic acids is 1. The van der Waals surface area contributed by atoms with Crippen LogP contribution < -0.4 is 5.32 Å². The molecule has 1 N–H and O–H groups in total. The Labute approximate surface area is 127 Å². The first-order valence-corrected chi connectivity index (χ1v) is 7.91. The van der Waals surface area contributed by atoms with Crippen LogP contribution in [0.1, 0.15) is 64.8 Å². The first-order chi connectivity index (χ1) is 9.90. The number of urea groups is 1. The van der Waals surface area contributed by atoms with Crippen LogP contribution in [0.25, 0.3) is 0 Å². The smallest absolute Gasteiger partial charge is 0.318 e. The van der Waals surface area contributed by atoms with Gasteiger partial charge in [0.1, 0.15) is 0 Å². The molecule has 0 unspecified atom stereocenters. The second kappa shape index (κ2) is 6.50. The number of nitrogens with one attached hydrogen (secondary N) is 1. The van der Waals surface area contributed by atoms with E-state index in [4.69, 9.17) is 4.52 Å². The van der Waals surface area contributed by atoms with Crippen LogP contribution in [0.4, 0.5) is 4.79 Å². The lowest BCUT2D eigenvalue weighted by Gasteiger charge is -2.32. The Hall–Kier alpha value is -1.52. The maximum Gasteiger partial charge on any atom is 0.318 e. The van der Waals surface area contributed by atoms with Gasteiger partial charge in [-0.15, -0.1) is 0 Å². The van der Waals surface area contributed by atoms with E-state index < -0.39 is 0 Å². The van der Waals surface area contributed by atoms with Crippen molar-refractivity contribution >= 4 is 6.03 Å². The highest BCUT2D eigenvalue weighted by Gasteiger charge is 2.36. The van der Waals surface area contributed by atoms with Crippen LogP contribution in [0.3, 0.4) is 0 Å². The fourth-order valence-corrected chi connectivity index (χ4v) is 2.30. The van der Waals surface area contributed by atoms with Gasteiger partial charge in [0, 0.05) is 18.2 Å². The third kappa shape index (κ3) is 3.99. The molecular formula is C16H27N3O2. The maximum absolute atomic E-state index is 12.4. The summed E-state index contributed by atoms with van der Waals surface area (Å²) < 4.78 is 5.26. The van der Waals surface area contributed by atoms with E-state index in [9.17, 15) is 4.79 Å². The fraction of sp³-hybridized carbons (Fsp3) is 0.750. The fourth-order valence-electron chi connectivity index (χ4n) is 2.30. The number of aromatic nitrogens is 1. The Balaban J connectivity index is 1.92. The summed E-state index contributed by atoms with van der Waals surface area (Å²) >= 11 is 0. The SMILES string of the molecule is CC(C)c1cc(CNC(=O)N(C2CC2)[C@@H](C)C(C)C)on1. The summed E-state index contributed by atoms with van der Waals surface area (Å²) in [6, 6.07) is 2.57. The predicted octanol–water partition coefficient (Wildman–Crippen LogP) is 3.52. The number of carbonyl (C=O) groups is 1. The van der Waals surface area contributed by atoms with Crippen molar-refractivity contribution in [3.05, 3.63) is 17.5 Å². The van der Waals surface area contributed by atoms with Crippen molar-refractivity contribution in [3.8, 4) is 0 Å². The lowest BCUT2D eigenvalue weighted by atomic mass is 10.0. The van der Waals surface area contributed by atoms with E-state index in [1.165, 1.54) is 0 Å². The van der Waals surface area contributed by atoms with Crippen molar-refractivity contribution in [3.63, 3.8) is 0 Å². The average molecular weight is 293 g/mol. The molecule has 1 heterocycles. The molecule has 1 aliphatic carbocycles. The molecule has 1 aliphatic rings. The van der Waals surface area contributed by atoms with Gasteiger partial charge in [0.25, 0.3) is 0 Å². The number of hydrogen-bond donors (Lipinski definition) is 1. The largest absolute Gasteiger partial charge is 0.359 e. The zero-order chi connectivity index (χ0) is 15.6. The molecular weight excluding hydrogens is 266 g/mol. The van der Waals surface area contributed by atoms with Gasteiger partial charge in [0.05, 0.1) is 12.2 Å². The van der Waals surface area contributed by atoms with Crippen LogP contribution in [0.5, 0.6) is 0 Å². The molecule has 0 radical (unpaired) electrons. The number of nitrogens with zero attached hydrogens (tertiary/aromatic N) is 2. The first-order valence-electron chi connectivity index (χ1n) is 7.91. The molecule has 21 heavy (non-hydrogen) atoms. The van der Waals surface area contributed by atoms with Gasteiger partial charge in [-0.25, -0.2) is 4.79 Å². The third-order valence-corrected chi connectivity index (χ3v) is 4.16. The van der Waals surface area contributed by atoms with E-state index in [2.05, 4.69) is 45.1 Å². The minimum atomic E-state index is 0.00111. The van der Waals surface area contributed by atoms with E-state index in [-0.39, 0.29) is 12.1 Å². The summed E-state index contributed by atoms with van der Waals surface area (Å²) in [5.74, 6) is 1.50. The summed E-state index contributed by atoms with van der Waals surface area (Å²) in [5, 5.41) is 6.97. The van der Waals surface area contributed by atoms with Crippen LogP contribution in [0, 0.1) is 5.92 Å². The Kier molecular flexibility index (Phi) is 4.91. The molecule has 0 aromatic carbocycles. The van der Waals surface area contributed by atoms with Gasteiger partial charge in [-0.1, -0.05) is 32.9 Å². The average Bonchev–Trinajstić information content (AvgIpc) is 3.13. The molecule has 1 fully saturated rings. The molecule has 1 saturated carbocycles. The van der Waals surface area contributed by atoms with Crippen molar-refractivity contribution in [2.24, 2.45) is 5.92 Å². The third-order valence-electron chi connectivity index (χ3n) is 4.16. The molecule has 1 aromatic rings. The molecule has 0 bridgehead atoms. The van der Waals surface area contributed by atoms with Crippen molar-refractivity contribution in [2.75, 3.05) is 0 Å². The van der Waals surface area contributed by atoms with Gasteiger partial charge < -0.3 is 14.7 Å². The first kappa shape index (κ1) is 15.9. The quantitative estimate of drug-likeness (QED) is 0.873. The van der Waals surface area contributed by atoms with E-state index in [1.807, 2.05) is 11.0 Å². The van der Waals surface area contributed by atoms with Gasteiger partial charge in [0.15, 0.2) is 5.76 Å². The molecule has 5 heteroatoms. The molecule has 0 spiro atoms. The highest BCUT2D eigenvalue weighted by atomic mass is 16.5. The molecule has 0 aliphatic heterocycles. The zero-order valence-electron chi connectivity index (χ0n) is 13.7. The summed E-state index contributed by atoms with van der Waals surface area (Å²) in [5.41, 5.74) is 0.925. The van der Waals surface area contributed by atoms with Crippen LogP contribution >= 0.6 is 0 Å². The summed E-state index contributed by atoms with van der Waals surface area (Å²) in [7, 11) is 0. The summed E-state index contributed by atoms with van der Waals surface area (Å²) in [4.78, 5) is 14.4. The summed E-state index contributed by atoms with van der Waals surface area (Å²) in [6.07, 6.45) is 2.23. The number of amides is 2. The highest BCUT2D eigenvalue weighted by molar-refractivity contribution is 5.75. The maximum atomic E-state index is 12.4. The number of rotatable bonds is 6. The Bertz CT molecular complexity index is 478. The second-order valence-corrected chi connectivity index (χ2v) is 6.65. The van der Waals surface area contributed by atoms with Crippen molar-refractivity contribution in [2.45, 2.75) is 72.0 Å². The molecule has 1 aromatic heterocycles. The van der Waals surface area contributed by atoms with E-state index >= 15 is 0 Å². The lowest BCUT2D eigenvalue weighted by molar-refractivity contribution is 0.155. The van der Waals surface area contributed by atoms with E-state index in [0.29, 0.717) is 30.2 Å². The van der Waals surface area contributed by atoms with Gasteiger partial charge >= 0.3 is 6.03 Å². The van der Waals surface area contributed by atoms with Gasteiger partial charge in [-0.3, -0.25) is 0 Å². The summed E-state index contributed by atoms with van der Waals surface area (Å²) in [6.45, 7) is 11.0. The number of hydrogen-bond acceptors (Lipinski definition) is 3. The lowest BCUT2D eigenvalue weighted by Crippen LogP contribution is -2.48. The monoisotopic (exact) mass is 293 g/mol. The molecule has 2 rings (SSSR count). The molecule has 1 atom stereocenters. The van der Waals surface area contributed by atoms with E-state index in [1.54, 1.807) is 0 Å². The van der Waals surface area contributed by atoms with Gasteiger partial charge in [-0.05, 0) is 31.6 Å². The minimum absolute atomic E-state index is 0.00111. The highest BCUT2D eigenvalue weighted by Crippen LogP contribution is 2.30. The molecule has 0 saturated heterocycles. The van der Waals surface area contributed by atoms with Gasteiger partial charge in [-0.2, -0.15) is 0 Å². The van der Waals surface area contributed by atoms with Crippen LogP contribution in [-0.2, 0) is 6.54 Å². The normalized spacial score (nSPS) is 16.3. The minimum Gasteiger partial charge on any atom is -0.359 e. The van der Waals surface area contributed by atoms with Crippen LogP contribution in [0.2, 0.25) is 0 Å². The van der Waals surface area contributed by atoms with Crippen molar-refractivity contribution < 1.29 is 9.32 Å². The molecule has 5 nitrogen and oxygen atoms in total. The van der Waals surface area contributed by atoms with E-state index in [0.717, 1.165) is 18.5 Å². The van der Waals surface area contributed by atoms with Crippen molar-refractivity contribution in [1.29, 1.82) is 0 Å². The van der Waals surface area contributed by atoms with Crippen LogP contribution in [-0.4, -0.2) is 28.2 Å². The van der Waals surface area contributed by atoms with Crippen molar-refractivity contribution in [1.82, 2.24) is 15.4 Å². The molecule has 118 valence electrons. The molecule has 2 amide bonds. The Morgan fingerprint density at radius 3 is 2.52 bits per heavy atom.